The molecule has 0 aliphatic rings. The molecule has 0 aliphatic carbocycles. The first-order chi connectivity index (χ1) is 12.5. The van der Waals surface area contributed by atoms with Crippen LogP contribution in [-0.4, -0.2) is 11.7 Å². The second-order valence-electron chi connectivity index (χ2n) is 6.99. The van der Waals surface area contributed by atoms with E-state index < -0.39 is 45.8 Å². The molecule has 0 atom stereocenters. The molecule has 0 heterocycles. The molecule has 4 nitrogen and oxygen atoms in total. The topological polar surface area (TPSA) is 72.2 Å². The van der Waals surface area contributed by atoms with Gasteiger partial charge in [0.15, 0.2) is 23.2 Å². The average molecular weight is 376 g/mol. The number of ketones is 1. The highest BCUT2D eigenvalue weighted by Gasteiger charge is 2.28. The van der Waals surface area contributed by atoms with Crippen molar-refractivity contribution in [3.8, 4) is 0 Å². The molecule has 27 heavy (non-hydrogen) atoms. The predicted octanol–water partition coefficient (Wildman–Crippen LogP) is 4.54. The molecule has 142 valence electrons. The van der Waals surface area contributed by atoms with E-state index in [2.05, 4.69) is 11.9 Å². The fourth-order valence-electron chi connectivity index (χ4n) is 2.24. The monoisotopic (exact) mass is 376 g/mol. The number of carbonyl (C=O) groups excluding carboxylic acids is 2. The third kappa shape index (κ3) is 4.02. The summed E-state index contributed by atoms with van der Waals surface area (Å²) in [5.74, 6) is -6.15. The molecule has 7 heteroatoms. The van der Waals surface area contributed by atoms with Crippen LogP contribution in [0.5, 0.6) is 0 Å². The van der Waals surface area contributed by atoms with Crippen LogP contribution in [0.3, 0.4) is 0 Å². The summed E-state index contributed by atoms with van der Waals surface area (Å²) in [5, 5.41) is 2.19. The van der Waals surface area contributed by atoms with Gasteiger partial charge in [-0.1, -0.05) is 33.4 Å². The van der Waals surface area contributed by atoms with E-state index in [9.17, 15) is 22.8 Å². The minimum Gasteiger partial charge on any atom is -0.398 e. The van der Waals surface area contributed by atoms with E-state index >= 15 is 0 Å². The van der Waals surface area contributed by atoms with Crippen molar-refractivity contribution in [2.24, 2.45) is 5.41 Å². The standard InChI is InChI=1S/C20H19F3N2O2/c1-5-10-8-11(6-7-13(10)24)18(26)15-16(22)12(21)9-14(17(15)23)25-19(27)20(2,3)4/h5-9H,1,24H2,2-4H3,(H,25,27). The number of nitrogens with two attached hydrogens (primary N) is 1. The lowest BCUT2D eigenvalue weighted by atomic mass is 9.95. The Labute approximate surface area is 154 Å². The van der Waals surface area contributed by atoms with Gasteiger partial charge in [-0.05, 0) is 23.8 Å². The van der Waals surface area contributed by atoms with Gasteiger partial charge in [0, 0.05) is 22.7 Å². The number of benzene rings is 2. The number of halogens is 3. The van der Waals surface area contributed by atoms with Gasteiger partial charge < -0.3 is 11.1 Å². The zero-order chi connectivity index (χ0) is 20.5. The molecular weight excluding hydrogens is 357 g/mol. The second-order valence-corrected chi connectivity index (χ2v) is 6.99. The molecule has 0 radical (unpaired) electrons. The van der Waals surface area contributed by atoms with E-state index in [0.717, 1.165) is 0 Å². The molecule has 0 saturated heterocycles. The van der Waals surface area contributed by atoms with E-state index in [0.29, 0.717) is 17.3 Å². The summed E-state index contributed by atoms with van der Waals surface area (Å²) >= 11 is 0. The highest BCUT2D eigenvalue weighted by atomic mass is 19.2. The fraction of sp³-hybridized carbons (Fsp3) is 0.200. The van der Waals surface area contributed by atoms with Gasteiger partial charge in [0.1, 0.15) is 0 Å². The van der Waals surface area contributed by atoms with Crippen molar-refractivity contribution in [2.45, 2.75) is 20.8 Å². The smallest absolute Gasteiger partial charge is 0.229 e. The van der Waals surface area contributed by atoms with E-state index in [1.165, 1.54) is 24.3 Å². The quantitative estimate of drug-likeness (QED) is 0.467. The van der Waals surface area contributed by atoms with Crippen molar-refractivity contribution in [2.75, 3.05) is 11.1 Å². The maximum absolute atomic E-state index is 14.8. The van der Waals surface area contributed by atoms with Crippen molar-refractivity contribution in [1.29, 1.82) is 0 Å². The summed E-state index contributed by atoms with van der Waals surface area (Å²) in [6, 6.07) is 4.44. The minimum absolute atomic E-state index is 0.101. The summed E-state index contributed by atoms with van der Waals surface area (Å²) in [4.78, 5) is 24.7. The van der Waals surface area contributed by atoms with Gasteiger partial charge in [0.2, 0.25) is 5.91 Å². The third-order valence-corrected chi connectivity index (χ3v) is 3.88. The third-order valence-electron chi connectivity index (χ3n) is 3.88. The number of nitrogen functional groups attached to an aromatic ring is 1. The van der Waals surface area contributed by atoms with Gasteiger partial charge >= 0.3 is 0 Å². The van der Waals surface area contributed by atoms with Crippen LogP contribution in [0, 0.1) is 22.9 Å². The molecule has 1 amide bonds. The van der Waals surface area contributed by atoms with Gasteiger partial charge in [-0.25, -0.2) is 13.2 Å². The Hall–Kier alpha value is -3.09. The molecule has 0 aliphatic heterocycles. The highest BCUT2D eigenvalue weighted by molar-refractivity contribution is 6.10. The van der Waals surface area contributed by atoms with E-state index in [1.807, 2.05) is 0 Å². The first-order valence-corrected chi connectivity index (χ1v) is 8.03. The normalized spacial score (nSPS) is 11.2. The first-order valence-electron chi connectivity index (χ1n) is 8.03. The summed E-state index contributed by atoms with van der Waals surface area (Å²) < 4.78 is 43.0. The Morgan fingerprint density at radius 3 is 2.30 bits per heavy atom. The highest BCUT2D eigenvalue weighted by Crippen LogP contribution is 2.28. The summed E-state index contributed by atoms with van der Waals surface area (Å²) in [7, 11) is 0. The molecule has 0 fully saturated rings. The molecule has 0 spiro atoms. The predicted molar refractivity (Wildman–Crippen MR) is 98.8 cm³/mol. The van der Waals surface area contributed by atoms with Crippen molar-refractivity contribution in [1.82, 2.24) is 0 Å². The minimum atomic E-state index is -1.64. The average Bonchev–Trinajstić information content (AvgIpc) is 2.59. The Bertz CT molecular complexity index is 947. The van der Waals surface area contributed by atoms with Gasteiger partial charge in [0.25, 0.3) is 0 Å². The SMILES string of the molecule is C=Cc1cc(C(=O)c2c(F)c(F)cc(NC(=O)C(C)(C)C)c2F)ccc1N. The Morgan fingerprint density at radius 1 is 1.11 bits per heavy atom. The van der Waals surface area contributed by atoms with E-state index in [4.69, 9.17) is 5.73 Å². The van der Waals surface area contributed by atoms with Crippen molar-refractivity contribution >= 4 is 29.1 Å². The molecular formula is C20H19F3N2O2. The van der Waals surface area contributed by atoms with Crippen LogP contribution >= 0.6 is 0 Å². The number of amides is 1. The lowest BCUT2D eigenvalue weighted by Crippen LogP contribution is -2.28. The van der Waals surface area contributed by atoms with Crippen LogP contribution in [0.1, 0.15) is 42.3 Å². The van der Waals surface area contributed by atoms with Crippen LogP contribution < -0.4 is 11.1 Å². The molecule has 2 aromatic carbocycles. The molecule has 0 unspecified atom stereocenters. The van der Waals surface area contributed by atoms with Crippen LogP contribution in [0.2, 0.25) is 0 Å². The number of carbonyl (C=O) groups is 2. The summed E-state index contributed by atoms with van der Waals surface area (Å²) in [5.41, 5.74) is 3.69. The van der Waals surface area contributed by atoms with Crippen molar-refractivity contribution in [3.05, 3.63) is 65.0 Å². The van der Waals surface area contributed by atoms with Crippen LogP contribution in [0.4, 0.5) is 24.5 Å². The van der Waals surface area contributed by atoms with Crippen molar-refractivity contribution in [3.63, 3.8) is 0 Å². The van der Waals surface area contributed by atoms with Gasteiger partial charge in [-0.2, -0.15) is 0 Å². The zero-order valence-corrected chi connectivity index (χ0v) is 15.1. The Kier molecular flexibility index (Phi) is 5.44. The van der Waals surface area contributed by atoms with Crippen LogP contribution in [-0.2, 0) is 4.79 Å². The molecule has 0 saturated carbocycles. The zero-order valence-electron chi connectivity index (χ0n) is 15.1. The molecule has 0 aromatic heterocycles. The molecule has 2 aromatic rings. The molecule has 2 rings (SSSR count). The maximum atomic E-state index is 14.8. The van der Waals surface area contributed by atoms with Gasteiger partial charge in [-0.3, -0.25) is 9.59 Å². The molecule has 3 N–H and O–H groups in total. The Morgan fingerprint density at radius 2 is 1.74 bits per heavy atom. The van der Waals surface area contributed by atoms with Crippen molar-refractivity contribution < 1.29 is 22.8 Å². The first kappa shape index (κ1) is 20.2. The van der Waals surface area contributed by atoms with Crippen LogP contribution in [0.15, 0.2) is 30.8 Å². The number of nitrogens with one attached hydrogen (secondary N) is 1. The van der Waals surface area contributed by atoms with Gasteiger partial charge in [0.05, 0.1) is 11.3 Å². The van der Waals surface area contributed by atoms with E-state index in [1.54, 1.807) is 20.8 Å². The Balaban J connectivity index is 2.58. The van der Waals surface area contributed by atoms with Crippen LogP contribution in [0.25, 0.3) is 6.08 Å². The molecule has 0 bridgehead atoms. The number of anilines is 2. The number of hydrogen-bond donors (Lipinski definition) is 2. The lowest BCUT2D eigenvalue weighted by molar-refractivity contribution is -0.123. The van der Waals surface area contributed by atoms with E-state index in [-0.39, 0.29) is 5.56 Å². The number of rotatable bonds is 4. The maximum Gasteiger partial charge on any atom is 0.229 e. The largest absolute Gasteiger partial charge is 0.398 e. The second kappa shape index (κ2) is 7.26. The number of hydrogen-bond acceptors (Lipinski definition) is 3. The summed E-state index contributed by atoms with van der Waals surface area (Å²) in [6.07, 6.45) is 1.37. The summed E-state index contributed by atoms with van der Waals surface area (Å²) in [6.45, 7) is 8.24. The lowest BCUT2D eigenvalue weighted by Gasteiger charge is -2.19. The fourth-order valence-corrected chi connectivity index (χ4v) is 2.24. The van der Waals surface area contributed by atoms with Gasteiger partial charge in [-0.15, -0.1) is 0 Å².